The molecule has 0 saturated carbocycles. The Morgan fingerprint density at radius 3 is 2.24 bits per heavy atom. The summed E-state index contributed by atoms with van der Waals surface area (Å²) in [5, 5.41) is 0. The molecule has 0 atom stereocenters. The second kappa shape index (κ2) is 9.11. The molecule has 3 aromatic rings. The van der Waals surface area contributed by atoms with Gasteiger partial charge in [0.05, 0.1) is 19.1 Å². The Balaban J connectivity index is 2.12. The van der Waals surface area contributed by atoms with E-state index in [1.54, 1.807) is 43.5 Å². The van der Waals surface area contributed by atoms with Gasteiger partial charge >= 0.3 is 5.69 Å². The van der Waals surface area contributed by atoms with Gasteiger partial charge in [-0.05, 0) is 35.2 Å². The highest BCUT2D eigenvalue weighted by molar-refractivity contribution is 7.92. The molecule has 0 radical (unpaired) electrons. The molecule has 2 N–H and O–H groups in total. The zero-order chi connectivity index (χ0) is 24.4. The third-order valence-corrected chi connectivity index (χ3v) is 5.50. The Labute approximate surface area is 192 Å². The Morgan fingerprint density at radius 1 is 1.03 bits per heavy atom. The van der Waals surface area contributed by atoms with Crippen LogP contribution in [0.15, 0.2) is 58.3 Å². The summed E-state index contributed by atoms with van der Waals surface area (Å²) in [6.45, 7) is 6.06. The molecule has 0 unspecified atom stereocenters. The molecule has 0 bridgehead atoms. The van der Waals surface area contributed by atoms with Gasteiger partial charge in [-0.2, -0.15) is 0 Å². The average molecular weight is 470 g/mol. The van der Waals surface area contributed by atoms with Gasteiger partial charge in [0, 0.05) is 29.1 Å². The molecule has 33 heavy (non-hydrogen) atoms. The van der Waals surface area contributed by atoms with Crippen LogP contribution in [-0.2, 0) is 15.4 Å². The minimum atomic E-state index is -3.35. The minimum absolute atomic E-state index is 0.325. The van der Waals surface area contributed by atoms with Crippen LogP contribution in [0.25, 0.3) is 17.8 Å². The fourth-order valence-electron chi connectivity index (χ4n) is 3.40. The summed E-state index contributed by atoms with van der Waals surface area (Å²) >= 11 is 0. The van der Waals surface area contributed by atoms with Crippen molar-refractivity contribution in [2.45, 2.75) is 26.2 Å². The molecule has 8 nitrogen and oxygen atoms in total. The van der Waals surface area contributed by atoms with Gasteiger partial charge in [-0.1, -0.05) is 45.1 Å². The quantitative estimate of drug-likeness (QED) is 0.538. The van der Waals surface area contributed by atoms with Crippen LogP contribution in [0, 0.1) is 0 Å². The van der Waals surface area contributed by atoms with Crippen molar-refractivity contribution < 1.29 is 13.2 Å². The lowest BCUT2D eigenvalue weighted by Crippen LogP contribution is -2.32. The summed E-state index contributed by atoms with van der Waals surface area (Å²) in [6, 6.07) is 11.7. The van der Waals surface area contributed by atoms with Gasteiger partial charge in [0.1, 0.15) is 5.75 Å². The summed E-state index contributed by atoms with van der Waals surface area (Å²) in [5.41, 5.74) is 1.96. The molecule has 0 aliphatic carbocycles. The van der Waals surface area contributed by atoms with Crippen molar-refractivity contribution in [1.29, 1.82) is 0 Å². The number of H-pyrrole nitrogens is 1. The highest BCUT2D eigenvalue weighted by Gasteiger charge is 2.23. The maximum Gasteiger partial charge on any atom is 0.332 e. The van der Waals surface area contributed by atoms with Crippen LogP contribution in [0.1, 0.15) is 37.5 Å². The lowest BCUT2D eigenvalue weighted by molar-refractivity contribution is 0.396. The normalized spacial score (nSPS) is 12.2. The third kappa shape index (κ3) is 5.81. The van der Waals surface area contributed by atoms with E-state index in [1.165, 1.54) is 12.3 Å². The molecule has 0 aliphatic heterocycles. The molecule has 0 saturated heterocycles. The SMILES string of the molecule is COc1c(C=Cc2ccc(NS(C)(=O)=O)cc2)cc(-n2c(=O)cc[nH]c2=O)cc1C(C)(C)C. The lowest BCUT2D eigenvalue weighted by Gasteiger charge is -2.24. The van der Waals surface area contributed by atoms with Crippen LogP contribution in [0.4, 0.5) is 5.69 Å². The van der Waals surface area contributed by atoms with E-state index < -0.39 is 21.3 Å². The number of hydrogen-bond acceptors (Lipinski definition) is 5. The lowest BCUT2D eigenvalue weighted by atomic mass is 9.84. The molecule has 9 heteroatoms. The van der Waals surface area contributed by atoms with Crippen LogP contribution in [0.3, 0.4) is 0 Å². The van der Waals surface area contributed by atoms with Gasteiger partial charge < -0.3 is 9.72 Å². The monoisotopic (exact) mass is 469 g/mol. The smallest absolute Gasteiger partial charge is 0.332 e. The van der Waals surface area contributed by atoms with Crippen molar-refractivity contribution in [2.75, 3.05) is 18.1 Å². The number of ether oxygens (including phenoxy) is 1. The van der Waals surface area contributed by atoms with Gasteiger partial charge in [0.15, 0.2) is 0 Å². The van der Waals surface area contributed by atoms with Crippen molar-refractivity contribution in [3.63, 3.8) is 0 Å². The van der Waals surface area contributed by atoms with Gasteiger partial charge in [0.25, 0.3) is 5.56 Å². The van der Waals surface area contributed by atoms with E-state index in [4.69, 9.17) is 4.74 Å². The Bertz CT molecular complexity index is 1380. The number of nitrogens with one attached hydrogen (secondary N) is 2. The number of aromatic amines is 1. The highest BCUT2D eigenvalue weighted by Crippen LogP contribution is 2.36. The number of anilines is 1. The Kier molecular flexibility index (Phi) is 6.64. The first-order valence-corrected chi connectivity index (χ1v) is 12.1. The van der Waals surface area contributed by atoms with Crippen molar-refractivity contribution in [3.05, 3.63) is 86.2 Å². The molecule has 0 aliphatic rings. The molecule has 1 heterocycles. The first-order chi connectivity index (χ1) is 15.4. The molecular formula is C24H27N3O5S. The zero-order valence-electron chi connectivity index (χ0n) is 19.2. The van der Waals surface area contributed by atoms with Crippen LogP contribution in [0.5, 0.6) is 5.75 Å². The number of sulfonamides is 1. The molecular weight excluding hydrogens is 442 g/mol. The highest BCUT2D eigenvalue weighted by atomic mass is 32.2. The molecule has 174 valence electrons. The predicted octanol–water partition coefficient (Wildman–Crippen LogP) is 3.37. The molecule has 1 aromatic heterocycles. The number of methoxy groups -OCH3 is 1. The van der Waals surface area contributed by atoms with Crippen LogP contribution in [-0.4, -0.2) is 31.3 Å². The van der Waals surface area contributed by atoms with E-state index in [2.05, 4.69) is 9.71 Å². The van der Waals surface area contributed by atoms with Crippen molar-refractivity contribution in [2.24, 2.45) is 0 Å². The van der Waals surface area contributed by atoms with Crippen LogP contribution in [0.2, 0.25) is 0 Å². The minimum Gasteiger partial charge on any atom is -0.496 e. The fourth-order valence-corrected chi connectivity index (χ4v) is 3.97. The standard InChI is InChI=1S/C24H27N3O5S/c1-24(2,3)20-15-19(27-21(28)12-13-25-23(27)29)14-17(22(20)32-4)9-6-16-7-10-18(11-8-16)26-33(5,30)31/h6-15,26H,1-5H3,(H,25,29). The summed E-state index contributed by atoms with van der Waals surface area (Å²) in [4.78, 5) is 27.3. The van der Waals surface area contributed by atoms with E-state index in [-0.39, 0.29) is 5.41 Å². The maximum atomic E-state index is 12.4. The molecule has 0 spiro atoms. The number of hydrogen-bond donors (Lipinski definition) is 2. The number of benzene rings is 2. The van der Waals surface area contributed by atoms with Gasteiger partial charge in [-0.15, -0.1) is 0 Å². The number of aromatic nitrogens is 2. The van der Waals surface area contributed by atoms with Crippen LogP contribution < -0.4 is 20.7 Å². The molecule has 0 fully saturated rings. The first-order valence-electron chi connectivity index (χ1n) is 10.2. The van der Waals surface area contributed by atoms with Gasteiger partial charge in [-0.25, -0.2) is 17.8 Å². The van der Waals surface area contributed by atoms with E-state index >= 15 is 0 Å². The van der Waals surface area contributed by atoms with Crippen molar-refractivity contribution in [3.8, 4) is 11.4 Å². The summed E-state index contributed by atoms with van der Waals surface area (Å²) < 4.78 is 32.0. The topological polar surface area (TPSA) is 110 Å². The first kappa shape index (κ1) is 24.1. The molecule has 3 rings (SSSR count). The number of nitrogens with zero attached hydrogens (tertiary/aromatic N) is 1. The summed E-state index contributed by atoms with van der Waals surface area (Å²) in [7, 11) is -1.77. The second-order valence-corrected chi connectivity index (χ2v) is 10.4. The zero-order valence-corrected chi connectivity index (χ0v) is 20.0. The predicted molar refractivity (Wildman–Crippen MR) is 132 cm³/mol. The van der Waals surface area contributed by atoms with E-state index in [9.17, 15) is 18.0 Å². The van der Waals surface area contributed by atoms with Crippen LogP contribution >= 0.6 is 0 Å². The molecule has 2 aromatic carbocycles. The van der Waals surface area contributed by atoms with E-state index in [0.29, 0.717) is 22.7 Å². The van der Waals surface area contributed by atoms with Gasteiger partial charge in [0.2, 0.25) is 10.0 Å². The average Bonchev–Trinajstić information content (AvgIpc) is 2.71. The van der Waals surface area contributed by atoms with E-state index in [1.807, 2.05) is 32.9 Å². The number of rotatable bonds is 6. The summed E-state index contributed by atoms with van der Waals surface area (Å²) in [5.74, 6) is 0.637. The molecule has 0 amide bonds. The Morgan fingerprint density at radius 2 is 1.70 bits per heavy atom. The summed E-state index contributed by atoms with van der Waals surface area (Å²) in [6.07, 6.45) is 6.09. The third-order valence-electron chi connectivity index (χ3n) is 4.90. The van der Waals surface area contributed by atoms with Crippen molar-refractivity contribution >= 4 is 27.9 Å². The second-order valence-electron chi connectivity index (χ2n) is 8.65. The van der Waals surface area contributed by atoms with Crippen molar-refractivity contribution in [1.82, 2.24) is 9.55 Å². The van der Waals surface area contributed by atoms with E-state index in [0.717, 1.165) is 21.9 Å². The maximum absolute atomic E-state index is 12.4. The Hall–Kier alpha value is -3.59. The van der Waals surface area contributed by atoms with Gasteiger partial charge in [-0.3, -0.25) is 9.52 Å². The largest absolute Gasteiger partial charge is 0.496 e. The fraction of sp³-hybridized carbons (Fsp3) is 0.250.